The van der Waals surface area contributed by atoms with Crippen molar-refractivity contribution in [2.24, 2.45) is 0 Å². The molecule has 0 spiro atoms. The fourth-order valence-electron chi connectivity index (χ4n) is 5.35. The van der Waals surface area contributed by atoms with Gasteiger partial charge in [-0.25, -0.2) is 0 Å². The molecule has 0 unspecified atom stereocenters. The molecule has 0 amide bonds. The molecule has 30 heavy (non-hydrogen) atoms. The first-order valence-electron chi connectivity index (χ1n) is 10.1. The van der Waals surface area contributed by atoms with Crippen LogP contribution in [0.25, 0.3) is 21.5 Å². The minimum Gasteiger partial charge on any atom is -1.00 e. The van der Waals surface area contributed by atoms with E-state index >= 15 is 0 Å². The van der Waals surface area contributed by atoms with Crippen molar-refractivity contribution in [1.29, 1.82) is 0 Å². The number of benzene rings is 2. The predicted octanol–water partition coefficient (Wildman–Crippen LogP) is 0.273. The summed E-state index contributed by atoms with van der Waals surface area (Å²) in [4.78, 5) is 0. The van der Waals surface area contributed by atoms with E-state index in [0.717, 1.165) is 0 Å². The molecule has 0 saturated heterocycles. The van der Waals surface area contributed by atoms with Crippen molar-refractivity contribution in [2.75, 3.05) is 0 Å². The Kier molecular flexibility index (Phi) is 9.00. The number of rotatable bonds is 3. The zero-order chi connectivity index (χ0) is 19.5. The Hall–Kier alpha value is -0.660. The van der Waals surface area contributed by atoms with Crippen LogP contribution in [0.2, 0.25) is 12.1 Å². The van der Waals surface area contributed by atoms with Crippen molar-refractivity contribution >= 4 is 40.0 Å². The summed E-state index contributed by atoms with van der Waals surface area (Å²) in [7, 11) is -1.96. The summed E-state index contributed by atoms with van der Waals surface area (Å²) in [5, 5.41) is 9.16. The molecule has 0 aromatic heterocycles. The molecule has 4 heteroatoms. The van der Waals surface area contributed by atoms with Crippen molar-refractivity contribution < 1.29 is 51.0 Å². The molecular formula is C26H30Cl2SiZr. The smallest absolute Gasteiger partial charge is 1.00 e. The minimum atomic E-state index is -1.96. The SMILES string of the molecule is Cc1[cH-]c2cccc(C)c2c1[Si](C)(c1c(C)[cH-]c2cccc(C)c12)C(C)C.[Cl-].[Cl-].[Zr+4]. The summed E-state index contributed by atoms with van der Waals surface area (Å²) in [6, 6.07) is 18.4. The van der Waals surface area contributed by atoms with E-state index in [4.69, 9.17) is 0 Å². The number of fused-ring (bicyclic) bond motifs is 2. The second kappa shape index (κ2) is 9.86. The minimum absolute atomic E-state index is 0. The van der Waals surface area contributed by atoms with Gasteiger partial charge in [-0.2, -0.15) is 10.4 Å². The van der Waals surface area contributed by atoms with Gasteiger partial charge in [0.15, 0.2) is 0 Å². The maximum Gasteiger partial charge on any atom is 4.00 e. The molecule has 0 aliphatic rings. The summed E-state index contributed by atoms with van der Waals surface area (Å²) < 4.78 is 0. The van der Waals surface area contributed by atoms with E-state index in [9.17, 15) is 0 Å². The summed E-state index contributed by atoms with van der Waals surface area (Å²) in [5.74, 6) is 0. The third-order valence-corrected chi connectivity index (χ3v) is 12.5. The molecule has 0 aliphatic carbocycles. The van der Waals surface area contributed by atoms with Crippen LogP contribution in [0.4, 0.5) is 0 Å². The molecule has 0 nitrogen and oxygen atoms in total. The fraction of sp³-hybridized carbons (Fsp3) is 0.308. The van der Waals surface area contributed by atoms with Gasteiger partial charge >= 0.3 is 26.2 Å². The Balaban J connectivity index is 0.00000150. The first-order valence-corrected chi connectivity index (χ1v) is 12.7. The average Bonchev–Trinajstić information content (AvgIpc) is 3.12. The summed E-state index contributed by atoms with van der Waals surface area (Å²) in [6.45, 7) is 16.7. The second-order valence-corrected chi connectivity index (χ2v) is 13.4. The standard InChI is InChI=1S/C26H30Si.2ClH.Zr/c1-16(2)27(7,25-19(5)14-21-12-8-10-17(3)23(21)25)26-20(6)15-22-13-9-11-18(4)24(22)26;;;/h8-16H,1-7H3;2*1H;/q-2;;;+4/p-2. The summed E-state index contributed by atoms with van der Waals surface area (Å²) in [5.41, 5.74) is 6.42. The van der Waals surface area contributed by atoms with Crippen LogP contribution >= 0.6 is 0 Å². The molecule has 4 rings (SSSR count). The fourth-order valence-corrected chi connectivity index (χ4v) is 10.3. The van der Waals surface area contributed by atoms with E-state index in [1.54, 1.807) is 10.4 Å². The van der Waals surface area contributed by atoms with E-state index in [2.05, 4.69) is 96.6 Å². The van der Waals surface area contributed by atoms with E-state index in [1.807, 2.05) is 0 Å². The largest absolute Gasteiger partial charge is 4.00 e. The molecule has 0 aliphatic heterocycles. The Morgan fingerprint density at radius 2 is 1.07 bits per heavy atom. The van der Waals surface area contributed by atoms with Crippen molar-refractivity contribution in [3.8, 4) is 0 Å². The summed E-state index contributed by atoms with van der Waals surface area (Å²) in [6.07, 6.45) is 0. The van der Waals surface area contributed by atoms with Gasteiger partial charge in [0.1, 0.15) is 0 Å². The number of hydrogen-bond acceptors (Lipinski definition) is 0. The van der Waals surface area contributed by atoms with Crippen LogP contribution in [-0.4, -0.2) is 8.07 Å². The molecule has 156 valence electrons. The molecule has 4 aromatic carbocycles. The second-order valence-electron chi connectivity index (χ2n) is 8.84. The van der Waals surface area contributed by atoms with Crippen molar-refractivity contribution in [3.63, 3.8) is 0 Å². The number of hydrogen-bond donors (Lipinski definition) is 0. The van der Waals surface area contributed by atoms with Crippen LogP contribution in [0.15, 0.2) is 48.5 Å². The van der Waals surface area contributed by atoms with Gasteiger partial charge in [0, 0.05) is 8.07 Å². The molecular weight excluding hydrogens is 503 g/mol. The quantitative estimate of drug-likeness (QED) is 0.263. The molecule has 0 N–H and O–H groups in total. The molecule has 0 heterocycles. The van der Waals surface area contributed by atoms with Crippen LogP contribution in [0.5, 0.6) is 0 Å². The Labute approximate surface area is 214 Å². The van der Waals surface area contributed by atoms with Gasteiger partial charge in [0.05, 0.1) is 0 Å². The van der Waals surface area contributed by atoms with Gasteiger partial charge in [0.25, 0.3) is 0 Å². The monoisotopic (exact) mass is 530 g/mol. The Bertz CT molecular complexity index is 1080. The third kappa shape index (κ3) is 3.95. The maximum atomic E-state index is 2.61. The molecule has 0 saturated carbocycles. The van der Waals surface area contributed by atoms with E-state index in [-0.39, 0.29) is 51.0 Å². The first-order chi connectivity index (χ1) is 12.8. The van der Waals surface area contributed by atoms with E-state index in [0.29, 0.717) is 5.54 Å². The van der Waals surface area contributed by atoms with Crippen molar-refractivity contribution in [3.05, 3.63) is 70.8 Å². The van der Waals surface area contributed by atoms with Gasteiger partial charge < -0.3 is 24.8 Å². The Morgan fingerprint density at radius 1 is 0.700 bits per heavy atom. The topological polar surface area (TPSA) is 0 Å². The van der Waals surface area contributed by atoms with Gasteiger partial charge in [-0.1, -0.05) is 63.0 Å². The third-order valence-electron chi connectivity index (χ3n) is 6.84. The summed E-state index contributed by atoms with van der Waals surface area (Å²) >= 11 is 0. The zero-order valence-corrected chi connectivity index (χ0v) is 23.9. The number of halogens is 2. The first kappa shape index (κ1) is 27.4. The van der Waals surface area contributed by atoms with Crippen LogP contribution < -0.4 is 35.2 Å². The van der Waals surface area contributed by atoms with Gasteiger partial charge in [-0.05, 0) is 13.8 Å². The van der Waals surface area contributed by atoms with Crippen LogP contribution in [0, 0.1) is 27.7 Å². The Morgan fingerprint density at radius 3 is 1.40 bits per heavy atom. The normalized spacial score (nSPS) is 11.3. The average molecular weight is 533 g/mol. The van der Waals surface area contributed by atoms with Crippen LogP contribution in [0.1, 0.15) is 36.1 Å². The number of aryl methyl sites for hydroxylation is 4. The molecule has 0 bridgehead atoms. The van der Waals surface area contributed by atoms with Crippen LogP contribution in [-0.2, 0) is 26.2 Å². The molecule has 0 radical (unpaired) electrons. The predicted molar refractivity (Wildman–Crippen MR) is 124 cm³/mol. The van der Waals surface area contributed by atoms with E-state index < -0.39 is 8.07 Å². The van der Waals surface area contributed by atoms with E-state index in [1.165, 1.54) is 43.8 Å². The van der Waals surface area contributed by atoms with Crippen molar-refractivity contribution in [2.45, 2.75) is 53.6 Å². The van der Waals surface area contributed by atoms with Gasteiger partial charge in [-0.15, -0.1) is 69.1 Å². The zero-order valence-electron chi connectivity index (χ0n) is 19.0. The van der Waals surface area contributed by atoms with Gasteiger partial charge in [-0.3, -0.25) is 0 Å². The molecule has 4 aromatic rings. The van der Waals surface area contributed by atoms with Gasteiger partial charge in [0.2, 0.25) is 0 Å². The molecule has 0 fully saturated rings. The van der Waals surface area contributed by atoms with Crippen LogP contribution in [0.3, 0.4) is 0 Å². The maximum absolute atomic E-state index is 2.61. The molecule has 0 atom stereocenters. The van der Waals surface area contributed by atoms with Crippen molar-refractivity contribution in [1.82, 2.24) is 0 Å².